The number of anilines is 1. The molecule has 1 amide bonds. The number of hydrogen-bond donors (Lipinski definition) is 1. The monoisotopic (exact) mass is 491 g/mol. The van der Waals surface area contributed by atoms with Crippen LogP contribution in [0.3, 0.4) is 0 Å². The van der Waals surface area contributed by atoms with Crippen molar-refractivity contribution in [3.05, 3.63) is 57.1 Å². The summed E-state index contributed by atoms with van der Waals surface area (Å²) in [6.07, 6.45) is 0. The molecule has 0 spiro atoms. The van der Waals surface area contributed by atoms with Gasteiger partial charge in [-0.1, -0.05) is 6.07 Å². The summed E-state index contributed by atoms with van der Waals surface area (Å²) in [5.41, 5.74) is 2.52. The van der Waals surface area contributed by atoms with Gasteiger partial charge >= 0.3 is 5.97 Å². The lowest BCUT2D eigenvalue weighted by molar-refractivity contribution is -0.158. The molecule has 0 aromatic heterocycles. The first-order valence-electron chi connectivity index (χ1n) is 10.2. The number of hydrogen-bond acceptors (Lipinski definition) is 5. The Morgan fingerprint density at radius 2 is 1.68 bits per heavy atom. The molecule has 0 aliphatic carbocycles. The van der Waals surface area contributed by atoms with Crippen molar-refractivity contribution in [1.29, 1.82) is 0 Å². The van der Waals surface area contributed by atoms with Crippen LogP contribution in [0.5, 0.6) is 5.75 Å². The molecule has 0 atom stereocenters. The molecule has 0 unspecified atom stereocenters. The Kier molecular flexibility index (Phi) is 8.65. The predicted octanol–water partition coefficient (Wildman–Crippen LogP) is 5.58. The van der Waals surface area contributed by atoms with Gasteiger partial charge in [-0.3, -0.25) is 4.79 Å². The van der Waals surface area contributed by atoms with E-state index in [4.69, 9.17) is 14.2 Å². The molecule has 2 aromatic carbocycles. The summed E-state index contributed by atoms with van der Waals surface area (Å²) in [4.78, 5) is 25.6. The summed E-state index contributed by atoms with van der Waals surface area (Å²) in [5.74, 6) is -0.396. The standard InChI is InChI=1S/C24H30BrNO5/c1-7-29-14-18-20(31-24(5,6)23(28)30-8-2)10-9-19(25)21(18)22(27)26-17-12-15(3)11-16(4)13-17/h9-13H,7-8,14H2,1-6H3,(H,26,27). The van der Waals surface area contributed by atoms with E-state index in [1.165, 1.54) is 0 Å². The first kappa shape index (κ1) is 24.9. The number of ether oxygens (including phenoxy) is 3. The van der Waals surface area contributed by atoms with Gasteiger partial charge in [-0.2, -0.15) is 0 Å². The maximum atomic E-state index is 13.3. The number of amides is 1. The average Bonchev–Trinajstić information content (AvgIpc) is 2.67. The Labute approximate surface area is 192 Å². The fourth-order valence-corrected chi connectivity index (χ4v) is 3.70. The van der Waals surface area contributed by atoms with Gasteiger partial charge in [0.2, 0.25) is 0 Å². The molecule has 0 aliphatic rings. The second-order valence-corrected chi connectivity index (χ2v) is 8.55. The molecule has 7 heteroatoms. The highest BCUT2D eigenvalue weighted by atomic mass is 79.9. The van der Waals surface area contributed by atoms with Gasteiger partial charge in [0.1, 0.15) is 5.75 Å². The van der Waals surface area contributed by atoms with Gasteiger partial charge in [0.15, 0.2) is 5.60 Å². The normalized spacial score (nSPS) is 11.2. The van der Waals surface area contributed by atoms with Gasteiger partial charge in [-0.15, -0.1) is 0 Å². The molecule has 0 saturated heterocycles. The number of aryl methyl sites for hydroxylation is 2. The number of benzene rings is 2. The third-order valence-corrected chi connectivity index (χ3v) is 5.17. The van der Waals surface area contributed by atoms with Crippen LogP contribution in [0.1, 0.15) is 54.7 Å². The molecule has 6 nitrogen and oxygen atoms in total. The Morgan fingerprint density at radius 1 is 1.03 bits per heavy atom. The molecule has 0 radical (unpaired) electrons. The maximum absolute atomic E-state index is 13.3. The van der Waals surface area contributed by atoms with Gasteiger partial charge in [0.25, 0.3) is 5.91 Å². The van der Waals surface area contributed by atoms with E-state index in [0.29, 0.717) is 33.6 Å². The molecule has 2 rings (SSSR count). The molecule has 0 heterocycles. The van der Waals surface area contributed by atoms with Gasteiger partial charge in [0.05, 0.1) is 18.8 Å². The lowest BCUT2D eigenvalue weighted by atomic mass is 10.0. The summed E-state index contributed by atoms with van der Waals surface area (Å²) in [6.45, 7) is 11.7. The second-order valence-electron chi connectivity index (χ2n) is 7.70. The van der Waals surface area contributed by atoms with Crippen molar-refractivity contribution >= 4 is 33.5 Å². The van der Waals surface area contributed by atoms with Gasteiger partial charge < -0.3 is 19.5 Å². The largest absolute Gasteiger partial charge is 0.476 e. The van der Waals surface area contributed by atoms with Crippen LogP contribution in [0.4, 0.5) is 5.69 Å². The number of carbonyl (C=O) groups excluding carboxylic acids is 2. The van der Waals surface area contributed by atoms with Crippen molar-refractivity contribution in [2.75, 3.05) is 18.5 Å². The molecule has 0 saturated carbocycles. The first-order valence-corrected chi connectivity index (χ1v) is 11.0. The van der Waals surface area contributed by atoms with Crippen LogP contribution in [0.15, 0.2) is 34.8 Å². The molecule has 1 N–H and O–H groups in total. The summed E-state index contributed by atoms with van der Waals surface area (Å²) >= 11 is 3.49. The molecule has 168 valence electrons. The number of halogens is 1. The Morgan fingerprint density at radius 3 is 2.26 bits per heavy atom. The molecule has 31 heavy (non-hydrogen) atoms. The summed E-state index contributed by atoms with van der Waals surface area (Å²) in [6, 6.07) is 9.30. The van der Waals surface area contributed by atoms with Crippen molar-refractivity contribution in [2.45, 2.75) is 53.8 Å². The fourth-order valence-electron chi connectivity index (χ4n) is 3.15. The lowest BCUT2D eigenvalue weighted by Gasteiger charge is -2.26. The minimum atomic E-state index is -1.23. The van der Waals surface area contributed by atoms with Crippen molar-refractivity contribution in [1.82, 2.24) is 0 Å². The number of rotatable bonds is 9. The fraction of sp³-hybridized carbons (Fsp3) is 0.417. The van der Waals surface area contributed by atoms with Crippen LogP contribution >= 0.6 is 15.9 Å². The highest BCUT2D eigenvalue weighted by Crippen LogP contribution is 2.33. The van der Waals surface area contributed by atoms with Crippen molar-refractivity contribution in [2.24, 2.45) is 0 Å². The lowest BCUT2D eigenvalue weighted by Crippen LogP contribution is -2.40. The van der Waals surface area contributed by atoms with Crippen LogP contribution in [0.25, 0.3) is 0 Å². The van der Waals surface area contributed by atoms with E-state index >= 15 is 0 Å². The molecular weight excluding hydrogens is 462 g/mol. The summed E-state index contributed by atoms with van der Waals surface area (Å²) in [5, 5.41) is 2.96. The summed E-state index contributed by atoms with van der Waals surface area (Å²) in [7, 11) is 0. The maximum Gasteiger partial charge on any atom is 0.349 e. The topological polar surface area (TPSA) is 73.9 Å². The number of nitrogens with one attached hydrogen (secondary N) is 1. The smallest absolute Gasteiger partial charge is 0.349 e. The quantitative estimate of drug-likeness (QED) is 0.463. The van der Waals surface area contributed by atoms with Crippen molar-refractivity contribution in [3.63, 3.8) is 0 Å². The van der Waals surface area contributed by atoms with Crippen LogP contribution in [-0.4, -0.2) is 30.7 Å². The van der Waals surface area contributed by atoms with Crippen LogP contribution in [0, 0.1) is 13.8 Å². The average molecular weight is 492 g/mol. The minimum absolute atomic E-state index is 0.153. The molecule has 0 fully saturated rings. The highest BCUT2D eigenvalue weighted by Gasteiger charge is 2.33. The molecule has 2 aromatic rings. The SMILES string of the molecule is CCOCc1c(OC(C)(C)C(=O)OCC)ccc(Br)c1C(=O)Nc1cc(C)cc(C)c1. The van der Waals surface area contributed by atoms with Crippen molar-refractivity contribution < 1.29 is 23.8 Å². The minimum Gasteiger partial charge on any atom is -0.476 e. The zero-order chi connectivity index (χ0) is 23.2. The Balaban J connectivity index is 2.46. The Hall–Kier alpha value is -2.38. The van der Waals surface area contributed by atoms with E-state index in [-0.39, 0.29) is 19.1 Å². The van der Waals surface area contributed by atoms with E-state index in [0.717, 1.165) is 11.1 Å². The van der Waals surface area contributed by atoms with Gasteiger partial charge in [0, 0.05) is 22.3 Å². The summed E-state index contributed by atoms with van der Waals surface area (Å²) < 4.78 is 17.4. The second kappa shape index (κ2) is 10.8. The number of carbonyl (C=O) groups is 2. The predicted molar refractivity (Wildman–Crippen MR) is 125 cm³/mol. The number of esters is 1. The van der Waals surface area contributed by atoms with Gasteiger partial charge in [-0.25, -0.2) is 4.79 Å². The highest BCUT2D eigenvalue weighted by molar-refractivity contribution is 9.10. The van der Waals surface area contributed by atoms with Crippen molar-refractivity contribution in [3.8, 4) is 5.75 Å². The van der Waals surface area contributed by atoms with E-state index in [1.807, 2.05) is 39.0 Å². The Bertz CT molecular complexity index is 935. The van der Waals surface area contributed by atoms with Crippen LogP contribution in [0.2, 0.25) is 0 Å². The van der Waals surface area contributed by atoms with E-state index < -0.39 is 11.6 Å². The van der Waals surface area contributed by atoms with E-state index in [1.54, 1.807) is 32.9 Å². The first-order chi connectivity index (χ1) is 14.6. The third kappa shape index (κ3) is 6.55. The van der Waals surface area contributed by atoms with Gasteiger partial charge in [-0.05, 0) is 92.9 Å². The molecule has 0 aliphatic heterocycles. The van der Waals surface area contributed by atoms with Crippen LogP contribution < -0.4 is 10.1 Å². The van der Waals surface area contributed by atoms with Crippen LogP contribution in [-0.2, 0) is 20.9 Å². The zero-order valence-electron chi connectivity index (χ0n) is 18.9. The third-order valence-electron chi connectivity index (χ3n) is 4.51. The molecule has 0 bridgehead atoms. The van der Waals surface area contributed by atoms with E-state index in [9.17, 15) is 9.59 Å². The zero-order valence-corrected chi connectivity index (χ0v) is 20.5. The van der Waals surface area contributed by atoms with E-state index in [2.05, 4.69) is 21.2 Å². The molecular formula is C24H30BrNO5.